The Hall–Kier alpha value is -0.0400. The maximum Gasteiger partial charge on any atom is 0.0540 e. The van der Waals surface area contributed by atoms with Gasteiger partial charge in [0.1, 0.15) is 0 Å². The maximum absolute atomic E-state index is 10.7. The lowest BCUT2D eigenvalue weighted by atomic mass is 9.89. The van der Waals surface area contributed by atoms with Crippen LogP contribution >= 0.6 is 0 Å². The maximum atomic E-state index is 10.7. The lowest BCUT2D eigenvalue weighted by Gasteiger charge is -2.18. The average molecular weight is 747 g/mol. The highest BCUT2D eigenvalue weighted by Gasteiger charge is 2.10. The van der Waals surface area contributed by atoms with Crippen molar-refractivity contribution in [1.82, 2.24) is 0 Å². The van der Waals surface area contributed by atoms with Crippen LogP contribution in [0.15, 0.2) is 0 Å². The van der Waals surface area contributed by atoms with Crippen LogP contribution in [0.3, 0.4) is 0 Å². The Morgan fingerprint density at radius 2 is 0.358 bits per heavy atom. The SMILES string of the molecule is CCCCCCCCCCCCCCCCCCC(O)CCCCC(CCCCCCCCCCCCCC)CCCCCCCCCCCCCC. The Balaban J connectivity index is 3.95. The summed E-state index contributed by atoms with van der Waals surface area (Å²) in [6, 6.07) is 0. The summed E-state index contributed by atoms with van der Waals surface area (Å²) in [5.74, 6) is 0.943. The van der Waals surface area contributed by atoms with E-state index in [0.717, 1.165) is 18.8 Å². The van der Waals surface area contributed by atoms with Gasteiger partial charge in [-0.1, -0.05) is 310 Å². The van der Waals surface area contributed by atoms with Gasteiger partial charge in [-0.2, -0.15) is 0 Å². The highest BCUT2D eigenvalue weighted by atomic mass is 16.3. The molecule has 1 nitrogen and oxygen atoms in total. The third-order valence-corrected chi connectivity index (χ3v) is 12.7. The van der Waals surface area contributed by atoms with Crippen LogP contribution in [0.25, 0.3) is 0 Å². The summed E-state index contributed by atoms with van der Waals surface area (Å²) in [5, 5.41) is 10.7. The van der Waals surface area contributed by atoms with Crippen LogP contribution in [0.1, 0.15) is 323 Å². The molecular weight excluding hydrogens is 641 g/mol. The van der Waals surface area contributed by atoms with E-state index in [1.54, 1.807) is 0 Å². The van der Waals surface area contributed by atoms with Crippen LogP contribution < -0.4 is 0 Å². The van der Waals surface area contributed by atoms with Crippen LogP contribution in [-0.4, -0.2) is 11.2 Å². The van der Waals surface area contributed by atoms with Crippen LogP contribution in [0.5, 0.6) is 0 Å². The van der Waals surface area contributed by atoms with Crippen LogP contribution in [0, 0.1) is 5.92 Å². The minimum absolute atomic E-state index is 0.0484. The van der Waals surface area contributed by atoms with Crippen molar-refractivity contribution in [3.63, 3.8) is 0 Å². The van der Waals surface area contributed by atoms with Gasteiger partial charge in [0.05, 0.1) is 6.10 Å². The summed E-state index contributed by atoms with van der Waals surface area (Å²) in [5.41, 5.74) is 0. The minimum Gasteiger partial charge on any atom is -0.393 e. The third kappa shape index (κ3) is 46.2. The Kier molecular flexibility index (Phi) is 48.1. The zero-order valence-corrected chi connectivity index (χ0v) is 37.8. The number of hydrogen-bond donors (Lipinski definition) is 1. The second-order valence-corrected chi connectivity index (χ2v) is 18.3. The molecule has 0 fully saturated rings. The largest absolute Gasteiger partial charge is 0.393 e. The molecule has 0 aromatic carbocycles. The van der Waals surface area contributed by atoms with Crippen molar-refractivity contribution in [3.05, 3.63) is 0 Å². The fourth-order valence-electron chi connectivity index (χ4n) is 8.87. The van der Waals surface area contributed by atoms with Gasteiger partial charge in [-0.05, 0) is 18.8 Å². The molecule has 0 amide bonds. The fourth-order valence-corrected chi connectivity index (χ4v) is 8.87. The zero-order valence-electron chi connectivity index (χ0n) is 37.8. The Labute approximate surface area is 338 Å². The van der Waals surface area contributed by atoms with Crippen molar-refractivity contribution >= 4 is 0 Å². The van der Waals surface area contributed by atoms with Gasteiger partial charge in [-0.15, -0.1) is 0 Å². The van der Waals surface area contributed by atoms with Gasteiger partial charge < -0.3 is 5.11 Å². The van der Waals surface area contributed by atoms with E-state index in [1.807, 2.05) is 0 Å². The summed E-state index contributed by atoms with van der Waals surface area (Å²) in [7, 11) is 0. The molecule has 320 valence electrons. The van der Waals surface area contributed by atoms with Crippen molar-refractivity contribution in [3.8, 4) is 0 Å². The van der Waals surface area contributed by atoms with Gasteiger partial charge in [0.2, 0.25) is 0 Å². The lowest BCUT2D eigenvalue weighted by Crippen LogP contribution is -2.07. The molecule has 1 N–H and O–H groups in total. The number of aliphatic hydroxyl groups excluding tert-OH is 1. The average Bonchev–Trinajstić information content (AvgIpc) is 3.16. The summed E-state index contributed by atoms with van der Waals surface area (Å²) in [6.45, 7) is 6.94. The second kappa shape index (κ2) is 48.1. The molecule has 0 aliphatic rings. The Bertz CT molecular complexity index is 586. The third-order valence-electron chi connectivity index (χ3n) is 12.7. The molecular formula is C52H106O. The molecule has 0 rings (SSSR count). The molecule has 0 aliphatic heterocycles. The quantitative estimate of drug-likeness (QED) is 0.0615. The van der Waals surface area contributed by atoms with Crippen molar-refractivity contribution < 1.29 is 5.11 Å². The van der Waals surface area contributed by atoms with E-state index in [2.05, 4.69) is 20.8 Å². The highest BCUT2D eigenvalue weighted by Crippen LogP contribution is 2.25. The number of hydrogen-bond acceptors (Lipinski definition) is 1. The molecule has 1 heteroatoms. The first kappa shape index (κ1) is 53.0. The molecule has 0 heterocycles. The molecule has 1 atom stereocenters. The van der Waals surface area contributed by atoms with E-state index in [4.69, 9.17) is 0 Å². The molecule has 0 saturated heterocycles. The second-order valence-electron chi connectivity index (χ2n) is 18.3. The fraction of sp³-hybridized carbons (Fsp3) is 1.00. The van der Waals surface area contributed by atoms with Crippen molar-refractivity contribution in [2.75, 3.05) is 0 Å². The van der Waals surface area contributed by atoms with Crippen molar-refractivity contribution in [1.29, 1.82) is 0 Å². The summed E-state index contributed by atoms with van der Waals surface area (Å²) < 4.78 is 0. The van der Waals surface area contributed by atoms with E-state index in [0.29, 0.717) is 0 Å². The molecule has 0 saturated carbocycles. The van der Waals surface area contributed by atoms with Gasteiger partial charge in [0, 0.05) is 0 Å². The predicted molar refractivity (Wildman–Crippen MR) is 244 cm³/mol. The van der Waals surface area contributed by atoms with E-state index in [9.17, 15) is 5.11 Å². The Morgan fingerprint density at radius 1 is 0.208 bits per heavy atom. The van der Waals surface area contributed by atoms with E-state index in [1.165, 1.54) is 289 Å². The Morgan fingerprint density at radius 3 is 0.585 bits per heavy atom. The van der Waals surface area contributed by atoms with E-state index < -0.39 is 0 Å². The smallest absolute Gasteiger partial charge is 0.0540 e. The molecule has 1 unspecified atom stereocenters. The standard InChI is InChI=1S/C52H106O/c1-4-7-10-13-16-19-22-25-26-27-28-31-34-37-40-43-49-52(53)50-45-44-48-51(46-41-38-35-32-29-23-20-17-14-11-8-5-2)47-42-39-36-33-30-24-21-18-15-12-9-6-3/h51-53H,4-50H2,1-3H3. The van der Waals surface area contributed by atoms with Crippen LogP contribution in [0.2, 0.25) is 0 Å². The predicted octanol–water partition coefficient (Wildman–Crippen LogP) is 19.4. The molecule has 0 aromatic rings. The van der Waals surface area contributed by atoms with E-state index in [-0.39, 0.29) is 6.10 Å². The zero-order chi connectivity index (χ0) is 38.4. The first-order chi connectivity index (χ1) is 26.2. The van der Waals surface area contributed by atoms with Gasteiger partial charge in [0.15, 0.2) is 0 Å². The first-order valence-corrected chi connectivity index (χ1v) is 25.9. The van der Waals surface area contributed by atoms with Gasteiger partial charge >= 0.3 is 0 Å². The lowest BCUT2D eigenvalue weighted by molar-refractivity contribution is 0.146. The van der Waals surface area contributed by atoms with Gasteiger partial charge in [-0.3, -0.25) is 0 Å². The normalized spacial score (nSPS) is 12.4. The molecule has 0 bridgehead atoms. The van der Waals surface area contributed by atoms with Gasteiger partial charge in [0.25, 0.3) is 0 Å². The number of unbranched alkanes of at least 4 members (excludes halogenated alkanes) is 38. The number of rotatable bonds is 48. The molecule has 0 aromatic heterocycles. The summed E-state index contributed by atoms with van der Waals surface area (Å²) in [6.07, 6.45) is 66.6. The monoisotopic (exact) mass is 747 g/mol. The molecule has 53 heavy (non-hydrogen) atoms. The summed E-state index contributed by atoms with van der Waals surface area (Å²) in [4.78, 5) is 0. The number of aliphatic hydroxyl groups is 1. The van der Waals surface area contributed by atoms with Crippen molar-refractivity contribution in [2.45, 2.75) is 329 Å². The summed E-state index contributed by atoms with van der Waals surface area (Å²) >= 11 is 0. The van der Waals surface area contributed by atoms with Crippen LogP contribution in [0.4, 0.5) is 0 Å². The topological polar surface area (TPSA) is 20.2 Å². The molecule has 0 aliphatic carbocycles. The van der Waals surface area contributed by atoms with Crippen molar-refractivity contribution in [2.24, 2.45) is 5.92 Å². The van der Waals surface area contributed by atoms with Gasteiger partial charge in [-0.25, -0.2) is 0 Å². The highest BCUT2D eigenvalue weighted by molar-refractivity contribution is 4.64. The molecule has 0 spiro atoms. The van der Waals surface area contributed by atoms with Crippen LogP contribution in [-0.2, 0) is 0 Å². The molecule has 0 radical (unpaired) electrons. The minimum atomic E-state index is -0.0484. The first-order valence-electron chi connectivity index (χ1n) is 25.9. The van der Waals surface area contributed by atoms with E-state index >= 15 is 0 Å².